The summed E-state index contributed by atoms with van der Waals surface area (Å²) in [5.41, 5.74) is 2.66. The van der Waals surface area contributed by atoms with E-state index >= 15 is 0 Å². The maximum atomic E-state index is 12.6. The summed E-state index contributed by atoms with van der Waals surface area (Å²) in [6.45, 7) is 1.91. The normalized spacial score (nSPS) is 12.2. The van der Waals surface area contributed by atoms with Gasteiger partial charge in [0.2, 0.25) is 16.0 Å². The summed E-state index contributed by atoms with van der Waals surface area (Å²) in [4.78, 5) is 9.80. The van der Waals surface area contributed by atoms with E-state index in [1.807, 2.05) is 61.5 Å². The second kappa shape index (κ2) is 10.5. The Labute approximate surface area is 209 Å². The number of aryl methyl sites for hydroxylation is 1. The van der Waals surface area contributed by atoms with Gasteiger partial charge >= 0.3 is 0 Å². The van der Waals surface area contributed by atoms with Crippen LogP contribution in [0.3, 0.4) is 0 Å². The summed E-state index contributed by atoms with van der Waals surface area (Å²) in [7, 11) is -4.62. The van der Waals surface area contributed by atoms with E-state index in [0.717, 1.165) is 26.3 Å². The molecular weight excluding hydrogens is 534 g/mol. The number of sulfonamides is 1. The molecule has 0 saturated heterocycles. The highest BCUT2D eigenvalue weighted by atomic mass is 79.9. The average Bonchev–Trinajstić information content (AvgIpc) is 2.82. The highest BCUT2D eigenvalue weighted by molar-refractivity contribution is 9.10. The summed E-state index contributed by atoms with van der Waals surface area (Å²) >= 11 is 3.47. The number of aromatic nitrogens is 2. The molecule has 0 saturated carbocycles. The third-order valence-corrected chi connectivity index (χ3v) is 8.71. The van der Waals surface area contributed by atoms with Gasteiger partial charge in [0, 0.05) is 22.5 Å². The van der Waals surface area contributed by atoms with Gasteiger partial charge in [0.25, 0.3) is 0 Å². The first-order chi connectivity index (χ1) is 16.3. The molecule has 0 fully saturated rings. The SMILES string of the molecule is C=S(NS(=O)(=O)c1ccc(C)cc1)c1ccc(Nc2ncc(Br)c(Nc3ccccc3)n2)cc1. The number of hydrogen-bond acceptors (Lipinski definition) is 6. The summed E-state index contributed by atoms with van der Waals surface area (Å²) in [5.74, 6) is 5.04. The maximum absolute atomic E-state index is 12.6. The lowest BCUT2D eigenvalue weighted by molar-refractivity contribution is 0.594. The monoisotopic (exact) mass is 555 g/mol. The standard InChI is InChI=1S/C24H22BrN5O2S2/c1-17-8-14-21(15-9-17)34(31,32)30-33(2)20-12-10-19(11-13-20)28-24-26-16-22(25)23(29-24)27-18-6-4-3-5-7-18/h3-16,30H,2H2,1H3,(H2,26,27,28,29). The van der Waals surface area contributed by atoms with E-state index in [-0.39, 0.29) is 4.90 Å². The minimum atomic E-state index is -3.66. The van der Waals surface area contributed by atoms with Crippen LogP contribution in [-0.4, -0.2) is 24.3 Å². The van der Waals surface area contributed by atoms with E-state index < -0.39 is 20.7 Å². The van der Waals surface area contributed by atoms with Crippen molar-refractivity contribution in [1.29, 1.82) is 0 Å². The molecule has 1 unspecified atom stereocenters. The predicted octanol–water partition coefficient (Wildman–Crippen LogP) is 5.99. The zero-order valence-corrected chi connectivity index (χ0v) is 21.4. The molecule has 1 aromatic heterocycles. The van der Waals surface area contributed by atoms with Crippen LogP contribution in [-0.2, 0) is 10.0 Å². The molecule has 1 heterocycles. The molecular formula is C24H22BrN5O2S2. The van der Waals surface area contributed by atoms with E-state index in [9.17, 15) is 8.42 Å². The molecule has 1 atom stereocenters. The Hall–Kier alpha value is -3.05. The first-order valence-electron chi connectivity index (χ1n) is 10.1. The third kappa shape index (κ3) is 6.09. The highest BCUT2D eigenvalue weighted by Crippen LogP contribution is 2.28. The molecule has 34 heavy (non-hydrogen) atoms. The molecule has 0 aliphatic rings. The Morgan fingerprint density at radius 3 is 2.21 bits per heavy atom. The molecule has 4 aromatic rings. The van der Waals surface area contributed by atoms with Gasteiger partial charge < -0.3 is 10.6 Å². The van der Waals surface area contributed by atoms with Crippen molar-refractivity contribution in [3.8, 4) is 0 Å². The number of hydrogen-bond donors (Lipinski definition) is 3. The summed E-state index contributed by atoms with van der Waals surface area (Å²) in [6.07, 6.45) is 1.67. The molecule has 0 aliphatic carbocycles. The van der Waals surface area contributed by atoms with Crippen molar-refractivity contribution < 1.29 is 8.42 Å². The average molecular weight is 557 g/mol. The first-order valence-corrected chi connectivity index (χ1v) is 13.8. The van der Waals surface area contributed by atoms with Crippen molar-refractivity contribution in [2.24, 2.45) is 0 Å². The maximum Gasteiger partial charge on any atom is 0.249 e. The molecule has 0 aliphatic heterocycles. The fourth-order valence-electron chi connectivity index (χ4n) is 2.95. The Morgan fingerprint density at radius 2 is 1.53 bits per heavy atom. The van der Waals surface area contributed by atoms with Gasteiger partial charge in [-0.1, -0.05) is 52.4 Å². The van der Waals surface area contributed by atoms with Crippen LogP contribution in [0.15, 0.2) is 99.3 Å². The Morgan fingerprint density at radius 1 is 0.882 bits per heavy atom. The summed E-state index contributed by atoms with van der Waals surface area (Å²) in [6, 6.07) is 23.7. The second-order valence-corrected chi connectivity index (χ2v) is 11.6. The molecule has 0 spiro atoms. The summed E-state index contributed by atoms with van der Waals surface area (Å²) < 4.78 is 28.7. The molecule has 3 aromatic carbocycles. The molecule has 7 nitrogen and oxygen atoms in total. The topological polar surface area (TPSA) is 96.0 Å². The zero-order chi connectivity index (χ0) is 24.1. The van der Waals surface area contributed by atoms with Gasteiger partial charge in [-0.3, -0.25) is 0 Å². The Balaban J connectivity index is 1.44. The van der Waals surface area contributed by atoms with E-state index in [4.69, 9.17) is 0 Å². The molecule has 0 amide bonds. The molecule has 174 valence electrons. The van der Waals surface area contributed by atoms with Gasteiger partial charge in [0.1, 0.15) is 5.82 Å². The van der Waals surface area contributed by atoms with E-state index in [1.54, 1.807) is 30.5 Å². The van der Waals surface area contributed by atoms with E-state index in [0.29, 0.717) is 11.8 Å². The van der Waals surface area contributed by atoms with Gasteiger partial charge in [-0.2, -0.15) is 9.11 Å². The van der Waals surface area contributed by atoms with Gasteiger partial charge in [0.05, 0.1) is 9.37 Å². The van der Waals surface area contributed by atoms with Gasteiger partial charge in [-0.15, -0.1) is 0 Å². The number of rotatable bonds is 8. The summed E-state index contributed by atoms with van der Waals surface area (Å²) in [5, 5.41) is 6.41. The van der Waals surface area contributed by atoms with Gasteiger partial charge in [-0.05, 0) is 71.4 Å². The molecule has 10 heteroatoms. The Kier molecular flexibility index (Phi) is 7.42. The van der Waals surface area contributed by atoms with E-state index in [1.165, 1.54) is 0 Å². The van der Waals surface area contributed by atoms with Crippen LogP contribution in [0.25, 0.3) is 0 Å². The quantitative estimate of drug-likeness (QED) is 0.231. The minimum absolute atomic E-state index is 0.213. The van der Waals surface area contributed by atoms with Crippen molar-refractivity contribution in [1.82, 2.24) is 14.1 Å². The number of anilines is 4. The van der Waals surface area contributed by atoms with E-state index in [2.05, 4.69) is 46.5 Å². The number of nitrogens with one attached hydrogen (secondary N) is 3. The second-order valence-electron chi connectivity index (χ2n) is 7.32. The molecule has 3 N–H and O–H groups in total. The lowest BCUT2D eigenvalue weighted by atomic mass is 10.2. The smallest absolute Gasteiger partial charge is 0.249 e. The number of para-hydroxylation sites is 1. The van der Waals surface area contributed by atoms with Crippen molar-refractivity contribution in [3.63, 3.8) is 0 Å². The van der Waals surface area contributed by atoms with Crippen LogP contribution in [0.1, 0.15) is 5.56 Å². The number of benzene rings is 3. The highest BCUT2D eigenvalue weighted by Gasteiger charge is 2.15. The van der Waals surface area contributed by atoms with Crippen LogP contribution < -0.4 is 14.8 Å². The predicted molar refractivity (Wildman–Crippen MR) is 144 cm³/mol. The molecule has 0 bridgehead atoms. The van der Waals surface area contributed by atoms with Crippen LogP contribution in [0.5, 0.6) is 0 Å². The largest absolute Gasteiger partial charge is 0.339 e. The van der Waals surface area contributed by atoms with Crippen molar-refractivity contribution in [2.45, 2.75) is 16.7 Å². The lowest BCUT2D eigenvalue weighted by Gasteiger charge is -2.13. The zero-order valence-electron chi connectivity index (χ0n) is 18.2. The van der Waals surface area contributed by atoms with Gasteiger partial charge in [0.15, 0.2) is 0 Å². The molecule has 4 rings (SSSR count). The number of halogens is 1. The van der Waals surface area contributed by atoms with Crippen LogP contribution in [0.2, 0.25) is 0 Å². The van der Waals surface area contributed by atoms with Crippen molar-refractivity contribution >= 4 is 65.6 Å². The first kappa shape index (κ1) is 24.1. The van der Waals surface area contributed by atoms with Crippen LogP contribution in [0.4, 0.5) is 23.1 Å². The van der Waals surface area contributed by atoms with Crippen molar-refractivity contribution in [3.05, 3.63) is 95.1 Å². The van der Waals surface area contributed by atoms with Crippen LogP contribution >= 0.6 is 26.6 Å². The lowest BCUT2D eigenvalue weighted by Crippen LogP contribution is -2.18. The fraction of sp³-hybridized carbons (Fsp3) is 0.0417. The van der Waals surface area contributed by atoms with Crippen LogP contribution in [0, 0.1) is 6.92 Å². The van der Waals surface area contributed by atoms with Crippen molar-refractivity contribution in [2.75, 3.05) is 10.6 Å². The molecule has 0 radical (unpaired) electrons. The fourth-order valence-corrected chi connectivity index (χ4v) is 6.03. The van der Waals surface area contributed by atoms with Gasteiger partial charge in [-0.25, -0.2) is 13.4 Å². The third-order valence-electron chi connectivity index (χ3n) is 4.72. The number of nitrogens with zero attached hydrogens (tertiary/aromatic N) is 2. The Bertz CT molecular complexity index is 1410. The minimum Gasteiger partial charge on any atom is -0.339 e.